The molecule has 0 bridgehead atoms. The Morgan fingerprint density at radius 3 is 2.60 bits per heavy atom. The van der Waals surface area contributed by atoms with Crippen LogP contribution in [0.3, 0.4) is 0 Å². The molecule has 2 aliphatic rings. The Bertz CT molecular complexity index is 991. The number of amides is 3. The molecule has 8 nitrogen and oxygen atoms in total. The summed E-state index contributed by atoms with van der Waals surface area (Å²) in [6.07, 6.45) is 4.53. The molecule has 1 saturated carbocycles. The molecule has 1 N–H and O–H groups in total. The Morgan fingerprint density at radius 2 is 1.90 bits per heavy atom. The van der Waals surface area contributed by atoms with Crippen molar-refractivity contribution < 1.29 is 28.3 Å². The van der Waals surface area contributed by atoms with E-state index < -0.39 is 23.9 Å². The van der Waals surface area contributed by atoms with E-state index in [0.717, 1.165) is 30.6 Å². The molecular formula is C22H22N2O6. The second-order valence-electron chi connectivity index (χ2n) is 7.57. The molecule has 156 valence electrons. The van der Waals surface area contributed by atoms with Gasteiger partial charge >= 0.3 is 5.97 Å². The van der Waals surface area contributed by atoms with Gasteiger partial charge in [-0.05, 0) is 50.1 Å². The molecule has 1 atom stereocenters. The molecule has 1 aromatic carbocycles. The van der Waals surface area contributed by atoms with Crippen LogP contribution in [0.15, 0.2) is 41.0 Å². The molecule has 0 saturated heterocycles. The molecule has 0 spiro atoms. The highest BCUT2D eigenvalue weighted by molar-refractivity contribution is 6.21. The van der Waals surface area contributed by atoms with E-state index in [9.17, 15) is 19.2 Å². The number of nitrogens with one attached hydrogen (secondary N) is 1. The molecule has 3 amide bonds. The minimum absolute atomic E-state index is 0.0114. The normalized spacial score (nSPS) is 17.2. The first-order valence-electron chi connectivity index (χ1n) is 9.98. The zero-order valence-electron chi connectivity index (χ0n) is 16.6. The number of benzene rings is 1. The number of ether oxygens (including phenoxy) is 1. The summed E-state index contributed by atoms with van der Waals surface area (Å²) in [6.45, 7) is 1.52. The van der Waals surface area contributed by atoms with Crippen molar-refractivity contribution in [3.05, 3.63) is 59.0 Å². The number of imide groups is 1. The van der Waals surface area contributed by atoms with Gasteiger partial charge < -0.3 is 14.5 Å². The number of rotatable bonds is 6. The van der Waals surface area contributed by atoms with Gasteiger partial charge in [0.05, 0.1) is 29.5 Å². The van der Waals surface area contributed by atoms with Gasteiger partial charge in [0.15, 0.2) is 6.10 Å². The minimum atomic E-state index is -0.959. The average Bonchev–Trinajstić information content (AvgIpc) is 3.48. The fourth-order valence-electron chi connectivity index (χ4n) is 3.79. The predicted octanol–water partition coefficient (Wildman–Crippen LogP) is 2.68. The Morgan fingerprint density at radius 1 is 1.17 bits per heavy atom. The first-order chi connectivity index (χ1) is 14.4. The molecule has 1 aliphatic heterocycles. The van der Waals surface area contributed by atoms with Crippen LogP contribution in [0.4, 0.5) is 0 Å². The quantitative estimate of drug-likeness (QED) is 0.580. The topological polar surface area (TPSA) is 106 Å². The standard InChI is InChI=1S/C22H22N2O6/c1-13(19(25)23-15-5-2-3-6-15)30-22(28)14-8-9-17-18(11-14)21(27)24(20(17)26)12-16-7-4-10-29-16/h4,7-11,13,15H,2-3,5-6,12H2,1H3,(H,23,25)/t13-/m0/s1. The third kappa shape index (κ3) is 3.85. The Labute approximate surface area is 173 Å². The number of carbonyl (C=O) groups is 4. The lowest BCUT2D eigenvalue weighted by molar-refractivity contribution is -0.129. The van der Waals surface area contributed by atoms with E-state index in [1.807, 2.05) is 0 Å². The van der Waals surface area contributed by atoms with Gasteiger partial charge in [-0.1, -0.05) is 12.8 Å². The first-order valence-corrected chi connectivity index (χ1v) is 9.98. The highest BCUT2D eigenvalue weighted by Crippen LogP contribution is 2.26. The molecule has 4 rings (SSSR count). The van der Waals surface area contributed by atoms with Crippen LogP contribution >= 0.6 is 0 Å². The number of furan rings is 1. The third-order valence-corrected chi connectivity index (χ3v) is 5.46. The molecule has 1 aliphatic carbocycles. The van der Waals surface area contributed by atoms with Gasteiger partial charge in [-0.15, -0.1) is 0 Å². The fraction of sp³-hybridized carbons (Fsp3) is 0.364. The van der Waals surface area contributed by atoms with E-state index in [-0.39, 0.29) is 35.2 Å². The van der Waals surface area contributed by atoms with E-state index in [0.29, 0.717) is 5.76 Å². The summed E-state index contributed by atoms with van der Waals surface area (Å²) in [4.78, 5) is 51.0. The lowest BCUT2D eigenvalue weighted by atomic mass is 10.1. The van der Waals surface area contributed by atoms with Gasteiger partial charge in [0.25, 0.3) is 17.7 Å². The summed E-state index contributed by atoms with van der Waals surface area (Å²) < 4.78 is 10.5. The van der Waals surface area contributed by atoms with Crippen LogP contribution in [-0.2, 0) is 16.1 Å². The van der Waals surface area contributed by atoms with Crippen molar-refractivity contribution in [1.29, 1.82) is 0 Å². The average molecular weight is 410 g/mol. The number of hydrogen-bond donors (Lipinski definition) is 1. The lowest BCUT2D eigenvalue weighted by Crippen LogP contribution is -2.40. The molecular weight excluding hydrogens is 388 g/mol. The highest BCUT2D eigenvalue weighted by Gasteiger charge is 2.36. The second kappa shape index (κ2) is 8.14. The first kappa shape index (κ1) is 19.9. The van der Waals surface area contributed by atoms with Gasteiger partial charge in [-0.2, -0.15) is 0 Å². The number of hydrogen-bond acceptors (Lipinski definition) is 6. The maximum Gasteiger partial charge on any atom is 0.338 e. The maximum absolute atomic E-state index is 12.7. The van der Waals surface area contributed by atoms with Crippen molar-refractivity contribution in [2.75, 3.05) is 0 Å². The Balaban J connectivity index is 1.43. The van der Waals surface area contributed by atoms with Crippen LogP contribution in [0.25, 0.3) is 0 Å². The van der Waals surface area contributed by atoms with Crippen LogP contribution < -0.4 is 5.32 Å². The summed E-state index contributed by atoms with van der Waals surface area (Å²) in [5, 5.41) is 2.89. The number of nitrogens with zero attached hydrogens (tertiary/aromatic N) is 1. The molecule has 1 fully saturated rings. The fourth-order valence-corrected chi connectivity index (χ4v) is 3.79. The number of fused-ring (bicyclic) bond motifs is 1. The SMILES string of the molecule is C[C@H](OC(=O)c1ccc2c(c1)C(=O)N(Cc1ccco1)C2=O)C(=O)NC1CCCC1. The largest absolute Gasteiger partial charge is 0.467 e. The maximum atomic E-state index is 12.7. The van der Waals surface area contributed by atoms with E-state index in [1.165, 1.54) is 31.4 Å². The molecule has 8 heteroatoms. The van der Waals surface area contributed by atoms with Gasteiger partial charge in [0.1, 0.15) is 5.76 Å². The molecule has 0 radical (unpaired) electrons. The lowest BCUT2D eigenvalue weighted by Gasteiger charge is -2.17. The van der Waals surface area contributed by atoms with Crippen molar-refractivity contribution in [2.24, 2.45) is 0 Å². The van der Waals surface area contributed by atoms with Gasteiger partial charge in [0.2, 0.25) is 0 Å². The van der Waals surface area contributed by atoms with Gasteiger partial charge in [0, 0.05) is 6.04 Å². The van der Waals surface area contributed by atoms with Crippen molar-refractivity contribution in [3.8, 4) is 0 Å². The van der Waals surface area contributed by atoms with Gasteiger partial charge in [-0.3, -0.25) is 19.3 Å². The monoisotopic (exact) mass is 410 g/mol. The third-order valence-electron chi connectivity index (χ3n) is 5.46. The van der Waals surface area contributed by atoms with Crippen molar-refractivity contribution >= 4 is 23.7 Å². The summed E-state index contributed by atoms with van der Waals surface area (Å²) in [5.74, 6) is -1.54. The zero-order valence-corrected chi connectivity index (χ0v) is 16.6. The summed E-state index contributed by atoms with van der Waals surface area (Å²) in [6, 6.07) is 7.65. The number of carbonyl (C=O) groups excluding carboxylic acids is 4. The van der Waals surface area contributed by atoms with E-state index in [4.69, 9.17) is 9.15 Å². The van der Waals surface area contributed by atoms with E-state index in [1.54, 1.807) is 12.1 Å². The van der Waals surface area contributed by atoms with E-state index >= 15 is 0 Å². The molecule has 30 heavy (non-hydrogen) atoms. The van der Waals surface area contributed by atoms with Crippen LogP contribution in [0, 0.1) is 0 Å². The smallest absolute Gasteiger partial charge is 0.338 e. The minimum Gasteiger partial charge on any atom is -0.467 e. The summed E-state index contributed by atoms with van der Waals surface area (Å²) >= 11 is 0. The second-order valence-corrected chi connectivity index (χ2v) is 7.57. The van der Waals surface area contributed by atoms with Crippen molar-refractivity contribution in [1.82, 2.24) is 10.2 Å². The molecule has 2 aromatic rings. The highest BCUT2D eigenvalue weighted by atomic mass is 16.5. The molecule has 1 aromatic heterocycles. The number of esters is 1. The van der Waals surface area contributed by atoms with Crippen LogP contribution in [0.1, 0.15) is 69.4 Å². The molecule has 2 heterocycles. The zero-order chi connectivity index (χ0) is 21.3. The summed E-state index contributed by atoms with van der Waals surface area (Å²) in [5.41, 5.74) is 0.453. The predicted molar refractivity (Wildman–Crippen MR) is 105 cm³/mol. The van der Waals surface area contributed by atoms with E-state index in [2.05, 4.69) is 5.32 Å². The molecule has 0 unspecified atom stereocenters. The Hall–Kier alpha value is -3.42. The van der Waals surface area contributed by atoms with Crippen LogP contribution in [0.5, 0.6) is 0 Å². The van der Waals surface area contributed by atoms with Gasteiger partial charge in [-0.25, -0.2) is 4.79 Å². The van der Waals surface area contributed by atoms with Crippen LogP contribution in [0.2, 0.25) is 0 Å². The van der Waals surface area contributed by atoms with Crippen LogP contribution in [-0.4, -0.2) is 40.7 Å². The summed E-state index contributed by atoms with van der Waals surface area (Å²) in [7, 11) is 0. The Kier molecular flexibility index (Phi) is 5.39. The van der Waals surface area contributed by atoms with Crippen molar-refractivity contribution in [3.63, 3.8) is 0 Å². The van der Waals surface area contributed by atoms with Crippen molar-refractivity contribution in [2.45, 2.75) is 51.3 Å².